The molecule has 0 saturated heterocycles. The zero-order valence-electron chi connectivity index (χ0n) is 12.6. The molecule has 0 heterocycles. The number of allylic oxidation sites excluding steroid dienone is 1. The molecule has 0 amide bonds. The van der Waals surface area contributed by atoms with Gasteiger partial charge >= 0.3 is 0 Å². The van der Waals surface area contributed by atoms with Gasteiger partial charge in [0.15, 0.2) is 5.78 Å². The number of ether oxygens (including phenoxy) is 1. The van der Waals surface area contributed by atoms with Crippen molar-refractivity contribution in [2.45, 2.75) is 12.8 Å². The van der Waals surface area contributed by atoms with Gasteiger partial charge in [-0.25, -0.2) is 0 Å². The van der Waals surface area contributed by atoms with E-state index >= 15 is 0 Å². The first kappa shape index (κ1) is 15.0. The highest BCUT2D eigenvalue weighted by atomic mass is 16.6. The molecule has 0 atom stereocenters. The molecule has 0 fully saturated rings. The quantitative estimate of drug-likeness (QED) is 0.491. The average Bonchev–Trinajstić information content (AvgIpc) is 2.57. The smallest absolute Gasteiger partial charge is 0.269 e. The van der Waals surface area contributed by atoms with Gasteiger partial charge in [-0.3, -0.25) is 14.9 Å². The molecule has 3 rings (SSSR count). The van der Waals surface area contributed by atoms with Crippen molar-refractivity contribution in [3.63, 3.8) is 0 Å². The number of benzene rings is 2. The number of hydrogen-bond acceptors (Lipinski definition) is 4. The van der Waals surface area contributed by atoms with Gasteiger partial charge in [-0.15, -0.1) is 0 Å². The number of hydrogen-bond donors (Lipinski definition) is 0. The minimum absolute atomic E-state index is 0.00672. The van der Waals surface area contributed by atoms with Crippen LogP contribution in [0.1, 0.15) is 27.9 Å². The maximum Gasteiger partial charge on any atom is 0.269 e. The van der Waals surface area contributed by atoms with Gasteiger partial charge in [0.1, 0.15) is 5.75 Å². The summed E-state index contributed by atoms with van der Waals surface area (Å²) in [6, 6.07) is 11.7. The van der Waals surface area contributed by atoms with Crippen LogP contribution in [0.5, 0.6) is 5.75 Å². The average molecular weight is 309 g/mol. The topological polar surface area (TPSA) is 69.4 Å². The summed E-state index contributed by atoms with van der Waals surface area (Å²) >= 11 is 0. The van der Waals surface area contributed by atoms with E-state index in [0.29, 0.717) is 12.0 Å². The van der Waals surface area contributed by atoms with Crippen molar-refractivity contribution in [1.82, 2.24) is 0 Å². The van der Waals surface area contributed by atoms with Crippen LogP contribution in [-0.4, -0.2) is 17.8 Å². The molecule has 0 aromatic heterocycles. The highest BCUT2D eigenvalue weighted by molar-refractivity contribution is 6.13. The first-order chi connectivity index (χ1) is 11.1. The fraction of sp³-hybridized carbons (Fsp3) is 0.167. The molecule has 2 aromatic rings. The number of rotatable bonds is 3. The van der Waals surface area contributed by atoms with E-state index in [1.165, 1.54) is 12.1 Å². The van der Waals surface area contributed by atoms with E-state index in [1.807, 2.05) is 6.07 Å². The van der Waals surface area contributed by atoms with Crippen molar-refractivity contribution < 1.29 is 14.5 Å². The minimum Gasteiger partial charge on any atom is -0.497 e. The van der Waals surface area contributed by atoms with E-state index < -0.39 is 4.92 Å². The standard InChI is InChI=1S/C18H15NO4/c1-23-16-8-9-17-13(11-16)4-5-14(18(17)20)10-12-2-6-15(7-3-12)19(21)22/h2-3,6-11H,4-5H2,1H3/b14-10+. The minimum atomic E-state index is -0.438. The summed E-state index contributed by atoms with van der Waals surface area (Å²) in [4.78, 5) is 22.8. The number of Topliss-reactive ketones (excluding diaryl/α,β-unsaturated/α-hetero) is 1. The van der Waals surface area contributed by atoms with Gasteiger partial charge in [0, 0.05) is 23.3 Å². The van der Waals surface area contributed by atoms with Crippen LogP contribution in [0.3, 0.4) is 0 Å². The molecule has 0 radical (unpaired) electrons. The molecule has 116 valence electrons. The van der Waals surface area contributed by atoms with Gasteiger partial charge in [-0.1, -0.05) is 0 Å². The van der Waals surface area contributed by atoms with Gasteiger partial charge < -0.3 is 4.74 Å². The number of carbonyl (C=O) groups is 1. The normalized spacial score (nSPS) is 15.3. The number of non-ortho nitro benzene ring substituents is 1. The van der Waals surface area contributed by atoms with E-state index in [9.17, 15) is 14.9 Å². The Kier molecular flexibility index (Phi) is 3.93. The lowest BCUT2D eigenvalue weighted by atomic mass is 9.86. The van der Waals surface area contributed by atoms with Crippen molar-refractivity contribution in [3.05, 3.63) is 74.8 Å². The third-order valence-electron chi connectivity index (χ3n) is 3.96. The second-order valence-corrected chi connectivity index (χ2v) is 5.37. The number of methoxy groups -OCH3 is 1. The summed E-state index contributed by atoms with van der Waals surface area (Å²) in [5.74, 6) is 0.756. The predicted octanol–water partition coefficient (Wildman–Crippen LogP) is 3.82. The predicted molar refractivity (Wildman–Crippen MR) is 86.7 cm³/mol. The van der Waals surface area contributed by atoms with Crippen molar-refractivity contribution in [1.29, 1.82) is 0 Å². The van der Waals surface area contributed by atoms with Gasteiger partial charge in [-0.05, 0) is 60.4 Å². The van der Waals surface area contributed by atoms with Crippen LogP contribution in [-0.2, 0) is 6.42 Å². The Hall–Kier alpha value is -2.95. The van der Waals surface area contributed by atoms with E-state index in [1.54, 1.807) is 37.5 Å². The highest BCUT2D eigenvalue weighted by Crippen LogP contribution is 2.29. The van der Waals surface area contributed by atoms with Crippen LogP contribution >= 0.6 is 0 Å². The second kappa shape index (κ2) is 6.04. The van der Waals surface area contributed by atoms with Gasteiger partial charge in [0.25, 0.3) is 5.69 Å². The Morgan fingerprint density at radius 1 is 1.13 bits per heavy atom. The lowest BCUT2D eigenvalue weighted by Gasteiger charge is -2.18. The number of carbonyl (C=O) groups excluding carboxylic acids is 1. The number of ketones is 1. The van der Waals surface area contributed by atoms with Crippen LogP contribution in [0.25, 0.3) is 6.08 Å². The van der Waals surface area contributed by atoms with E-state index in [0.717, 1.165) is 28.9 Å². The Balaban J connectivity index is 1.89. The van der Waals surface area contributed by atoms with Crippen molar-refractivity contribution in [2.24, 2.45) is 0 Å². The summed E-state index contributed by atoms with van der Waals surface area (Å²) in [5, 5.41) is 10.7. The highest BCUT2D eigenvalue weighted by Gasteiger charge is 2.22. The number of fused-ring (bicyclic) bond motifs is 1. The molecule has 0 N–H and O–H groups in total. The summed E-state index contributed by atoms with van der Waals surface area (Å²) in [6.07, 6.45) is 3.23. The lowest BCUT2D eigenvalue weighted by molar-refractivity contribution is -0.384. The fourth-order valence-electron chi connectivity index (χ4n) is 2.71. The largest absolute Gasteiger partial charge is 0.497 e. The molecule has 0 aliphatic heterocycles. The molecule has 0 saturated carbocycles. The number of nitro groups is 1. The maximum absolute atomic E-state index is 12.6. The summed E-state index contributed by atoms with van der Waals surface area (Å²) in [6.45, 7) is 0. The number of aryl methyl sites for hydroxylation is 1. The Bertz CT molecular complexity index is 806. The van der Waals surface area contributed by atoms with E-state index in [2.05, 4.69) is 0 Å². The van der Waals surface area contributed by atoms with Crippen LogP contribution < -0.4 is 4.74 Å². The molecule has 1 aliphatic carbocycles. The summed E-state index contributed by atoms with van der Waals surface area (Å²) in [5.41, 5.74) is 3.24. The molecule has 1 aliphatic rings. The molecule has 0 bridgehead atoms. The first-order valence-electron chi connectivity index (χ1n) is 7.25. The Morgan fingerprint density at radius 2 is 1.87 bits per heavy atom. The third kappa shape index (κ3) is 2.99. The Labute approximate surface area is 133 Å². The van der Waals surface area contributed by atoms with E-state index in [-0.39, 0.29) is 11.5 Å². The number of nitro benzene ring substituents is 1. The zero-order chi connectivity index (χ0) is 16.4. The van der Waals surface area contributed by atoms with Gasteiger partial charge in [0.2, 0.25) is 0 Å². The van der Waals surface area contributed by atoms with Crippen molar-refractivity contribution in [3.8, 4) is 5.75 Å². The Morgan fingerprint density at radius 3 is 2.52 bits per heavy atom. The first-order valence-corrected chi connectivity index (χ1v) is 7.25. The summed E-state index contributed by atoms with van der Waals surface area (Å²) in [7, 11) is 1.60. The van der Waals surface area contributed by atoms with Crippen LogP contribution in [0.4, 0.5) is 5.69 Å². The SMILES string of the molecule is COc1ccc2c(c1)CC/C(=C\c1ccc([N+](=O)[O-])cc1)C2=O. The van der Waals surface area contributed by atoms with Crippen molar-refractivity contribution in [2.75, 3.05) is 7.11 Å². The lowest BCUT2D eigenvalue weighted by Crippen LogP contribution is -2.14. The molecule has 5 heteroatoms. The van der Waals surface area contributed by atoms with Gasteiger partial charge in [0.05, 0.1) is 12.0 Å². The van der Waals surface area contributed by atoms with Crippen LogP contribution in [0.15, 0.2) is 48.0 Å². The van der Waals surface area contributed by atoms with Crippen LogP contribution in [0.2, 0.25) is 0 Å². The fourth-order valence-corrected chi connectivity index (χ4v) is 2.71. The number of nitrogens with zero attached hydrogens (tertiary/aromatic N) is 1. The summed E-state index contributed by atoms with van der Waals surface area (Å²) < 4.78 is 5.19. The third-order valence-corrected chi connectivity index (χ3v) is 3.96. The molecule has 0 spiro atoms. The molecular weight excluding hydrogens is 294 g/mol. The molecule has 23 heavy (non-hydrogen) atoms. The van der Waals surface area contributed by atoms with E-state index in [4.69, 9.17) is 4.74 Å². The second-order valence-electron chi connectivity index (χ2n) is 5.37. The maximum atomic E-state index is 12.6. The van der Waals surface area contributed by atoms with Crippen molar-refractivity contribution >= 4 is 17.5 Å². The van der Waals surface area contributed by atoms with Crippen LogP contribution in [0, 0.1) is 10.1 Å². The molecule has 0 unspecified atom stereocenters. The molecular formula is C18H15NO4. The van der Waals surface area contributed by atoms with Gasteiger partial charge in [-0.2, -0.15) is 0 Å². The zero-order valence-corrected chi connectivity index (χ0v) is 12.6. The molecule has 2 aromatic carbocycles. The monoisotopic (exact) mass is 309 g/mol. The molecule has 5 nitrogen and oxygen atoms in total.